The van der Waals surface area contributed by atoms with Gasteiger partial charge in [-0.2, -0.15) is 0 Å². The molecular formula is C18H22N2O3. The summed E-state index contributed by atoms with van der Waals surface area (Å²) in [4.78, 5) is 27.1. The molecule has 5 heteroatoms. The highest BCUT2D eigenvalue weighted by molar-refractivity contribution is 5.98. The Hall–Kier alpha value is -2.30. The number of nitrogens with one attached hydrogen (secondary N) is 2. The Bertz CT molecular complexity index is 707. The maximum atomic E-state index is 12.5. The molecule has 0 aliphatic heterocycles. The molecule has 2 atom stereocenters. The van der Waals surface area contributed by atoms with Crippen LogP contribution in [-0.4, -0.2) is 28.0 Å². The molecule has 1 amide bonds. The van der Waals surface area contributed by atoms with Gasteiger partial charge in [-0.3, -0.25) is 9.59 Å². The van der Waals surface area contributed by atoms with Gasteiger partial charge in [-0.1, -0.05) is 31.7 Å². The van der Waals surface area contributed by atoms with Gasteiger partial charge in [0.2, 0.25) is 0 Å². The number of H-pyrrole nitrogens is 1. The van der Waals surface area contributed by atoms with Crippen molar-refractivity contribution in [1.29, 1.82) is 0 Å². The molecule has 2 unspecified atom stereocenters. The minimum atomic E-state index is -0.808. The molecule has 0 saturated heterocycles. The number of rotatable bonds is 3. The Morgan fingerprint density at radius 2 is 1.87 bits per heavy atom. The second kappa shape index (κ2) is 6.86. The SMILES string of the molecule is O=C(NC1CCCCCCC1C(=O)O)c1ccc2cc[nH]c2c1. The third-order valence-corrected chi connectivity index (χ3v) is 4.72. The van der Waals surface area contributed by atoms with Crippen LogP contribution < -0.4 is 5.32 Å². The molecule has 1 heterocycles. The molecule has 0 bridgehead atoms. The van der Waals surface area contributed by atoms with Crippen molar-refractivity contribution in [2.45, 2.75) is 44.6 Å². The molecule has 0 spiro atoms. The maximum Gasteiger partial charge on any atom is 0.308 e. The first-order valence-corrected chi connectivity index (χ1v) is 8.26. The van der Waals surface area contributed by atoms with Crippen LogP contribution in [0.3, 0.4) is 0 Å². The van der Waals surface area contributed by atoms with Crippen LogP contribution in [0, 0.1) is 5.92 Å². The van der Waals surface area contributed by atoms with Gasteiger partial charge < -0.3 is 15.4 Å². The zero-order valence-electron chi connectivity index (χ0n) is 13.0. The highest BCUT2D eigenvalue weighted by Crippen LogP contribution is 2.24. The Kier molecular flexibility index (Phi) is 4.65. The molecule has 2 aromatic rings. The predicted molar refractivity (Wildman–Crippen MR) is 88.4 cm³/mol. The van der Waals surface area contributed by atoms with Crippen LogP contribution in [0.2, 0.25) is 0 Å². The highest BCUT2D eigenvalue weighted by Gasteiger charge is 2.30. The van der Waals surface area contributed by atoms with Crippen molar-refractivity contribution >= 4 is 22.8 Å². The van der Waals surface area contributed by atoms with Crippen molar-refractivity contribution in [2.75, 3.05) is 0 Å². The van der Waals surface area contributed by atoms with Gasteiger partial charge in [-0.25, -0.2) is 0 Å². The molecule has 1 aliphatic carbocycles. The normalized spacial score (nSPS) is 22.3. The van der Waals surface area contributed by atoms with Crippen molar-refractivity contribution in [3.63, 3.8) is 0 Å². The van der Waals surface area contributed by atoms with Crippen molar-refractivity contribution in [2.24, 2.45) is 5.92 Å². The summed E-state index contributed by atoms with van der Waals surface area (Å²) in [5.41, 5.74) is 1.47. The number of carboxylic acids is 1. The number of aromatic amines is 1. The number of benzene rings is 1. The van der Waals surface area contributed by atoms with Crippen molar-refractivity contribution < 1.29 is 14.7 Å². The van der Waals surface area contributed by atoms with E-state index in [2.05, 4.69) is 10.3 Å². The molecule has 1 aliphatic rings. The molecule has 23 heavy (non-hydrogen) atoms. The zero-order valence-corrected chi connectivity index (χ0v) is 13.0. The molecule has 122 valence electrons. The third-order valence-electron chi connectivity index (χ3n) is 4.72. The highest BCUT2D eigenvalue weighted by atomic mass is 16.4. The number of hydrogen-bond donors (Lipinski definition) is 3. The first kappa shape index (κ1) is 15.6. The van der Waals surface area contributed by atoms with Gasteiger partial charge >= 0.3 is 5.97 Å². The van der Waals surface area contributed by atoms with E-state index in [0.29, 0.717) is 12.0 Å². The molecule has 3 N–H and O–H groups in total. The third kappa shape index (κ3) is 3.55. The Labute approximate surface area is 135 Å². The van der Waals surface area contributed by atoms with E-state index in [0.717, 1.165) is 43.0 Å². The quantitative estimate of drug-likeness (QED) is 0.812. The van der Waals surface area contributed by atoms with E-state index in [4.69, 9.17) is 0 Å². The lowest BCUT2D eigenvalue weighted by Gasteiger charge is -2.27. The summed E-state index contributed by atoms with van der Waals surface area (Å²) in [6, 6.07) is 7.15. The van der Waals surface area contributed by atoms with Crippen molar-refractivity contribution in [3.8, 4) is 0 Å². The number of hydrogen-bond acceptors (Lipinski definition) is 2. The van der Waals surface area contributed by atoms with Gasteiger partial charge in [0.15, 0.2) is 0 Å². The lowest BCUT2D eigenvalue weighted by atomic mass is 9.86. The van der Waals surface area contributed by atoms with Crippen LogP contribution in [0.5, 0.6) is 0 Å². The first-order chi connectivity index (χ1) is 11.1. The van der Waals surface area contributed by atoms with E-state index < -0.39 is 11.9 Å². The lowest BCUT2D eigenvalue weighted by Crippen LogP contribution is -2.43. The van der Waals surface area contributed by atoms with Crippen LogP contribution in [0.25, 0.3) is 10.9 Å². The maximum absolute atomic E-state index is 12.5. The average molecular weight is 314 g/mol. The van der Waals surface area contributed by atoms with E-state index >= 15 is 0 Å². The number of amides is 1. The Morgan fingerprint density at radius 3 is 2.65 bits per heavy atom. The van der Waals surface area contributed by atoms with Gasteiger partial charge in [0.1, 0.15) is 0 Å². The summed E-state index contributed by atoms with van der Waals surface area (Å²) in [6.07, 6.45) is 7.26. The summed E-state index contributed by atoms with van der Waals surface area (Å²) >= 11 is 0. The molecule has 1 aromatic heterocycles. The van der Waals surface area contributed by atoms with Crippen molar-refractivity contribution in [3.05, 3.63) is 36.0 Å². The van der Waals surface area contributed by atoms with Gasteiger partial charge in [0.25, 0.3) is 5.91 Å². The number of carboxylic acid groups (broad SMARTS) is 1. The van der Waals surface area contributed by atoms with Gasteiger partial charge in [0.05, 0.1) is 5.92 Å². The van der Waals surface area contributed by atoms with E-state index in [1.807, 2.05) is 24.4 Å². The standard InChI is InChI=1S/C18H22N2O3/c21-17(13-8-7-12-9-10-19-16(12)11-13)20-15-6-4-2-1-3-5-14(15)18(22)23/h7-11,14-15,19H,1-6H2,(H,20,21)(H,22,23). The van der Waals surface area contributed by atoms with E-state index in [1.165, 1.54) is 0 Å². The average Bonchev–Trinajstić information content (AvgIpc) is 2.97. The Balaban J connectivity index is 1.76. The number of fused-ring (bicyclic) bond motifs is 1. The fourth-order valence-electron chi connectivity index (χ4n) is 3.39. The van der Waals surface area contributed by atoms with E-state index in [9.17, 15) is 14.7 Å². The number of carbonyl (C=O) groups is 2. The molecule has 5 nitrogen and oxygen atoms in total. The molecular weight excluding hydrogens is 292 g/mol. The second-order valence-corrected chi connectivity index (χ2v) is 6.30. The zero-order chi connectivity index (χ0) is 16.2. The summed E-state index contributed by atoms with van der Waals surface area (Å²) in [5.74, 6) is -1.50. The van der Waals surface area contributed by atoms with Crippen LogP contribution in [-0.2, 0) is 4.79 Å². The fraction of sp³-hybridized carbons (Fsp3) is 0.444. The van der Waals surface area contributed by atoms with Crippen LogP contribution in [0.4, 0.5) is 0 Å². The van der Waals surface area contributed by atoms with Gasteiger partial charge in [-0.05, 0) is 36.4 Å². The fourth-order valence-corrected chi connectivity index (χ4v) is 3.39. The number of aromatic nitrogens is 1. The van der Waals surface area contributed by atoms with E-state index in [1.54, 1.807) is 6.07 Å². The smallest absolute Gasteiger partial charge is 0.308 e. The van der Waals surface area contributed by atoms with E-state index in [-0.39, 0.29) is 11.9 Å². The second-order valence-electron chi connectivity index (χ2n) is 6.30. The topological polar surface area (TPSA) is 82.2 Å². The molecule has 1 fully saturated rings. The van der Waals surface area contributed by atoms with Gasteiger partial charge in [-0.15, -0.1) is 0 Å². The summed E-state index contributed by atoms with van der Waals surface area (Å²) < 4.78 is 0. The summed E-state index contributed by atoms with van der Waals surface area (Å²) in [5, 5.41) is 13.5. The minimum Gasteiger partial charge on any atom is -0.481 e. The minimum absolute atomic E-state index is 0.196. The number of aliphatic carboxylic acids is 1. The monoisotopic (exact) mass is 314 g/mol. The summed E-state index contributed by atoms with van der Waals surface area (Å²) in [7, 11) is 0. The lowest BCUT2D eigenvalue weighted by molar-refractivity contribution is -0.143. The Morgan fingerprint density at radius 1 is 1.09 bits per heavy atom. The van der Waals surface area contributed by atoms with Crippen LogP contribution in [0.1, 0.15) is 48.9 Å². The molecule has 1 aromatic carbocycles. The number of carbonyl (C=O) groups excluding carboxylic acids is 1. The largest absolute Gasteiger partial charge is 0.481 e. The predicted octanol–water partition coefficient (Wildman–Crippen LogP) is 3.32. The van der Waals surface area contributed by atoms with Crippen molar-refractivity contribution in [1.82, 2.24) is 10.3 Å². The first-order valence-electron chi connectivity index (χ1n) is 8.26. The van der Waals surface area contributed by atoms with Gasteiger partial charge in [0, 0.05) is 23.3 Å². The van der Waals surface area contributed by atoms with Crippen LogP contribution in [0.15, 0.2) is 30.5 Å². The molecule has 0 radical (unpaired) electrons. The van der Waals surface area contributed by atoms with Crippen LogP contribution >= 0.6 is 0 Å². The summed E-state index contributed by atoms with van der Waals surface area (Å²) in [6.45, 7) is 0. The molecule has 3 rings (SSSR count). The molecule has 1 saturated carbocycles.